The van der Waals surface area contributed by atoms with Crippen LogP contribution in [-0.2, 0) is 14.3 Å². The molecule has 0 aliphatic carbocycles. The Hall–Kier alpha value is -2.41. The number of hydrogen-bond donors (Lipinski definition) is 2. The number of carbonyl (C=O) groups is 2. The van der Waals surface area contributed by atoms with Gasteiger partial charge in [0.1, 0.15) is 0 Å². The van der Waals surface area contributed by atoms with E-state index in [0.29, 0.717) is 22.9 Å². The van der Waals surface area contributed by atoms with Crippen molar-refractivity contribution in [2.45, 2.75) is 26.8 Å². The van der Waals surface area contributed by atoms with E-state index in [0.717, 1.165) is 11.3 Å². The van der Waals surface area contributed by atoms with Crippen LogP contribution in [0.5, 0.6) is 0 Å². The molecule has 1 unspecified atom stereocenters. The Morgan fingerprint density at radius 3 is 2.46 bits per heavy atom. The second-order valence-corrected chi connectivity index (χ2v) is 5.81. The van der Waals surface area contributed by atoms with Crippen LogP contribution in [0.25, 0.3) is 0 Å². The number of nitrogens with one attached hydrogen (secondary N) is 2. The minimum absolute atomic E-state index is 0.135. The van der Waals surface area contributed by atoms with Crippen molar-refractivity contribution in [2.75, 3.05) is 19.0 Å². The van der Waals surface area contributed by atoms with Gasteiger partial charge in [0.2, 0.25) is 5.91 Å². The highest BCUT2D eigenvalue weighted by Gasteiger charge is 2.33. The van der Waals surface area contributed by atoms with Crippen LogP contribution in [0.3, 0.4) is 0 Å². The topological polar surface area (TPSA) is 70.7 Å². The summed E-state index contributed by atoms with van der Waals surface area (Å²) in [5, 5.41) is 6.49. The van der Waals surface area contributed by atoms with Gasteiger partial charge in [0.05, 0.1) is 18.7 Å². The molecule has 0 saturated heterocycles. The minimum atomic E-state index is -0.392. The van der Waals surface area contributed by atoms with Crippen LogP contribution in [0, 0.1) is 0 Å². The molecule has 0 radical (unpaired) electrons. The number of hydrogen-bond acceptors (Lipinski definition) is 4. The first-order valence-electron chi connectivity index (χ1n) is 7.63. The van der Waals surface area contributed by atoms with Crippen molar-refractivity contribution >= 4 is 34.9 Å². The molecule has 128 valence electrons. The van der Waals surface area contributed by atoms with Crippen molar-refractivity contribution in [1.82, 2.24) is 10.2 Å². The zero-order valence-corrected chi connectivity index (χ0v) is 15.0. The molecule has 2 N–H and O–H groups in total. The summed E-state index contributed by atoms with van der Waals surface area (Å²) in [6.45, 7) is 5.94. The van der Waals surface area contributed by atoms with E-state index in [1.54, 1.807) is 12.1 Å². The van der Waals surface area contributed by atoms with Gasteiger partial charge >= 0.3 is 5.97 Å². The highest BCUT2D eigenvalue weighted by molar-refractivity contribution is 7.80. The van der Waals surface area contributed by atoms with Crippen LogP contribution in [0.1, 0.15) is 32.4 Å². The Labute approximate surface area is 146 Å². The first-order valence-corrected chi connectivity index (χ1v) is 8.04. The van der Waals surface area contributed by atoms with Gasteiger partial charge in [-0.15, -0.1) is 0 Å². The molecule has 0 saturated carbocycles. The summed E-state index contributed by atoms with van der Waals surface area (Å²) < 4.78 is 4.95. The Bertz CT molecular complexity index is 698. The van der Waals surface area contributed by atoms with E-state index >= 15 is 0 Å². The second-order valence-electron chi connectivity index (χ2n) is 5.42. The molecule has 1 amide bonds. The quantitative estimate of drug-likeness (QED) is 0.644. The average molecular weight is 347 g/mol. The fourth-order valence-electron chi connectivity index (χ4n) is 2.75. The standard InChI is InChI=1S/C17H21N3O3S/c1-5-20-10(2)14(16(22)23-4)15(19-17(20)24)12-6-8-13(9-7-12)18-11(3)21/h6-9,15H,5H2,1-4H3,(H,18,21)(H,19,24). The number of esters is 1. The molecular weight excluding hydrogens is 326 g/mol. The molecule has 1 aromatic rings. The van der Waals surface area contributed by atoms with Crippen LogP contribution < -0.4 is 10.6 Å². The van der Waals surface area contributed by atoms with Gasteiger partial charge in [-0.1, -0.05) is 12.1 Å². The summed E-state index contributed by atoms with van der Waals surface area (Å²) in [4.78, 5) is 25.3. The SMILES string of the molecule is CCN1C(=S)NC(c2ccc(NC(C)=O)cc2)C(C(=O)OC)=C1C. The van der Waals surface area contributed by atoms with Gasteiger partial charge in [0, 0.05) is 24.9 Å². The van der Waals surface area contributed by atoms with Crippen LogP contribution in [0.2, 0.25) is 0 Å². The summed E-state index contributed by atoms with van der Waals surface area (Å²) in [7, 11) is 1.36. The summed E-state index contributed by atoms with van der Waals surface area (Å²) in [6.07, 6.45) is 0. The predicted octanol–water partition coefficient (Wildman–Crippen LogP) is 2.34. The van der Waals surface area contributed by atoms with Gasteiger partial charge in [-0.3, -0.25) is 4.79 Å². The van der Waals surface area contributed by atoms with E-state index in [4.69, 9.17) is 17.0 Å². The molecule has 1 aliphatic rings. The Kier molecular flexibility index (Phi) is 5.56. The van der Waals surface area contributed by atoms with Crippen molar-refractivity contribution in [3.05, 3.63) is 41.1 Å². The third kappa shape index (κ3) is 3.56. The van der Waals surface area contributed by atoms with Gasteiger partial charge in [-0.25, -0.2) is 4.79 Å². The molecule has 7 heteroatoms. The number of anilines is 1. The Morgan fingerprint density at radius 1 is 1.33 bits per heavy atom. The van der Waals surface area contributed by atoms with Crippen molar-refractivity contribution < 1.29 is 14.3 Å². The van der Waals surface area contributed by atoms with Crippen molar-refractivity contribution in [1.29, 1.82) is 0 Å². The maximum atomic E-state index is 12.3. The fourth-order valence-corrected chi connectivity index (χ4v) is 3.13. The zero-order chi connectivity index (χ0) is 17.9. The highest BCUT2D eigenvalue weighted by Crippen LogP contribution is 2.31. The van der Waals surface area contributed by atoms with Gasteiger partial charge in [-0.05, 0) is 43.8 Å². The molecule has 1 heterocycles. The molecule has 0 bridgehead atoms. The Morgan fingerprint density at radius 2 is 1.96 bits per heavy atom. The normalized spacial score (nSPS) is 17.4. The smallest absolute Gasteiger partial charge is 0.337 e. The summed E-state index contributed by atoms with van der Waals surface area (Å²) in [6, 6.07) is 6.89. The lowest BCUT2D eigenvalue weighted by Crippen LogP contribution is -2.47. The van der Waals surface area contributed by atoms with Crippen LogP contribution in [0.15, 0.2) is 35.5 Å². The fraction of sp³-hybridized carbons (Fsp3) is 0.353. The third-order valence-electron chi connectivity index (χ3n) is 3.88. The van der Waals surface area contributed by atoms with Gasteiger partial charge in [-0.2, -0.15) is 0 Å². The number of methoxy groups -OCH3 is 1. The molecule has 1 aliphatic heterocycles. The van der Waals surface area contributed by atoms with Crippen LogP contribution >= 0.6 is 12.2 Å². The van der Waals surface area contributed by atoms with E-state index in [1.807, 2.05) is 30.9 Å². The molecule has 1 atom stereocenters. The van der Waals surface area contributed by atoms with Gasteiger partial charge in [0.25, 0.3) is 0 Å². The summed E-state index contributed by atoms with van der Waals surface area (Å²) >= 11 is 5.41. The zero-order valence-electron chi connectivity index (χ0n) is 14.2. The van der Waals surface area contributed by atoms with Gasteiger partial charge in [0.15, 0.2) is 5.11 Å². The average Bonchev–Trinajstić information content (AvgIpc) is 2.54. The molecule has 1 aromatic carbocycles. The lowest BCUT2D eigenvalue weighted by molar-refractivity contribution is -0.136. The molecule has 2 rings (SSSR count). The van der Waals surface area contributed by atoms with Crippen molar-refractivity contribution in [3.63, 3.8) is 0 Å². The number of allylic oxidation sites excluding steroid dienone is 1. The van der Waals surface area contributed by atoms with Crippen LogP contribution in [0.4, 0.5) is 5.69 Å². The minimum Gasteiger partial charge on any atom is -0.466 e. The maximum absolute atomic E-state index is 12.3. The van der Waals surface area contributed by atoms with Crippen molar-refractivity contribution in [3.8, 4) is 0 Å². The lowest BCUT2D eigenvalue weighted by Gasteiger charge is -2.36. The molecule has 0 spiro atoms. The monoisotopic (exact) mass is 347 g/mol. The molecule has 24 heavy (non-hydrogen) atoms. The first-order chi connectivity index (χ1) is 11.4. The number of benzene rings is 1. The van der Waals surface area contributed by atoms with Gasteiger partial charge < -0.3 is 20.3 Å². The summed E-state index contributed by atoms with van der Waals surface area (Å²) in [5.41, 5.74) is 2.87. The number of amides is 1. The van der Waals surface area contributed by atoms with Crippen LogP contribution in [-0.4, -0.2) is 35.5 Å². The van der Waals surface area contributed by atoms with E-state index in [2.05, 4.69) is 10.6 Å². The van der Waals surface area contributed by atoms with E-state index < -0.39 is 5.97 Å². The first kappa shape index (κ1) is 17.9. The predicted molar refractivity (Wildman–Crippen MR) is 96.3 cm³/mol. The molecule has 0 aromatic heterocycles. The second kappa shape index (κ2) is 7.44. The van der Waals surface area contributed by atoms with E-state index in [-0.39, 0.29) is 11.9 Å². The highest BCUT2D eigenvalue weighted by atomic mass is 32.1. The number of ether oxygens (including phenoxy) is 1. The van der Waals surface area contributed by atoms with E-state index in [9.17, 15) is 9.59 Å². The summed E-state index contributed by atoms with van der Waals surface area (Å²) in [5.74, 6) is -0.527. The maximum Gasteiger partial charge on any atom is 0.337 e. The Balaban J connectivity index is 2.43. The molecular formula is C17H21N3O3S. The molecule has 0 fully saturated rings. The van der Waals surface area contributed by atoms with E-state index in [1.165, 1.54) is 14.0 Å². The van der Waals surface area contributed by atoms with Crippen molar-refractivity contribution in [2.24, 2.45) is 0 Å². The largest absolute Gasteiger partial charge is 0.466 e. The molecule has 6 nitrogen and oxygen atoms in total. The number of nitrogens with zero attached hydrogens (tertiary/aromatic N) is 1. The lowest BCUT2D eigenvalue weighted by atomic mass is 9.95. The third-order valence-corrected chi connectivity index (χ3v) is 4.22. The number of rotatable bonds is 4. The number of carbonyl (C=O) groups excluding carboxylic acids is 2. The number of thiocarbonyl (C=S) groups is 1.